The summed E-state index contributed by atoms with van der Waals surface area (Å²) >= 11 is 1.79. The van der Waals surface area contributed by atoms with Crippen LogP contribution >= 0.6 is 11.3 Å². The highest BCUT2D eigenvalue weighted by Crippen LogP contribution is 2.37. The summed E-state index contributed by atoms with van der Waals surface area (Å²) in [5.41, 5.74) is 7.38. The minimum atomic E-state index is 0.0702. The highest BCUT2D eigenvalue weighted by atomic mass is 32.1. The highest BCUT2D eigenvalue weighted by molar-refractivity contribution is 7.15. The zero-order valence-corrected chi connectivity index (χ0v) is 13.7. The molecule has 2 heterocycles. The maximum atomic E-state index is 6.13. The molecule has 4 heteroatoms. The van der Waals surface area contributed by atoms with Crippen molar-refractivity contribution in [2.24, 2.45) is 11.7 Å². The maximum Gasteiger partial charge on any atom is 0.185 e. The molecule has 0 radical (unpaired) electrons. The number of thiazole rings is 1. The number of piperidine rings is 1. The minimum absolute atomic E-state index is 0.0702. The van der Waals surface area contributed by atoms with E-state index in [1.807, 2.05) is 0 Å². The molecular formula is C15H27N3S. The van der Waals surface area contributed by atoms with Crippen molar-refractivity contribution in [2.45, 2.75) is 58.9 Å². The summed E-state index contributed by atoms with van der Waals surface area (Å²) in [7, 11) is 0. The molecular weight excluding hydrogens is 254 g/mol. The Hall–Kier alpha value is -0.610. The third kappa shape index (κ3) is 3.29. The molecule has 1 aromatic rings. The van der Waals surface area contributed by atoms with E-state index in [0.717, 1.165) is 19.0 Å². The molecule has 1 aliphatic heterocycles. The zero-order valence-electron chi connectivity index (χ0n) is 12.9. The zero-order chi connectivity index (χ0) is 14.2. The first-order valence-electron chi connectivity index (χ1n) is 7.30. The van der Waals surface area contributed by atoms with Gasteiger partial charge in [-0.25, -0.2) is 4.98 Å². The van der Waals surface area contributed by atoms with Crippen LogP contribution < -0.4 is 10.6 Å². The molecule has 2 rings (SSSR count). The largest absolute Gasteiger partial charge is 0.348 e. The van der Waals surface area contributed by atoms with Crippen molar-refractivity contribution in [1.29, 1.82) is 0 Å². The standard InChI is InChI=1S/C15H27N3S/c1-10-6-8-18(9-7-10)14-17-13(15(3,4)5)12(19-14)11(2)16/h10-11H,6-9,16H2,1-5H3. The summed E-state index contributed by atoms with van der Waals surface area (Å²) in [4.78, 5) is 8.60. The Morgan fingerprint density at radius 2 is 1.89 bits per heavy atom. The van der Waals surface area contributed by atoms with Gasteiger partial charge in [-0.2, -0.15) is 0 Å². The third-order valence-corrected chi connectivity index (χ3v) is 5.14. The van der Waals surface area contributed by atoms with E-state index < -0.39 is 0 Å². The Bertz CT molecular complexity index is 423. The lowest BCUT2D eigenvalue weighted by Gasteiger charge is -2.30. The molecule has 2 N–H and O–H groups in total. The predicted octanol–water partition coefficient (Wildman–Crippen LogP) is 3.70. The van der Waals surface area contributed by atoms with Gasteiger partial charge < -0.3 is 10.6 Å². The van der Waals surface area contributed by atoms with E-state index >= 15 is 0 Å². The molecule has 3 nitrogen and oxygen atoms in total. The van der Waals surface area contributed by atoms with Gasteiger partial charge in [0.2, 0.25) is 0 Å². The van der Waals surface area contributed by atoms with Crippen LogP contribution in [-0.4, -0.2) is 18.1 Å². The number of nitrogens with zero attached hydrogens (tertiary/aromatic N) is 2. The van der Waals surface area contributed by atoms with Crippen LogP contribution in [0.3, 0.4) is 0 Å². The van der Waals surface area contributed by atoms with Crippen molar-refractivity contribution in [2.75, 3.05) is 18.0 Å². The molecule has 1 fully saturated rings. The van der Waals surface area contributed by atoms with Gasteiger partial charge in [0.05, 0.1) is 5.69 Å². The summed E-state index contributed by atoms with van der Waals surface area (Å²) in [6, 6.07) is 0.0733. The fourth-order valence-electron chi connectivity index (χ4n) is 2.50. The molecule has 1 aromatic heterocycles. The number of rotatable bonds is 2. The Labute approximate surface area is 121 Å². The van der Waals surface area contributed by atoms with Crippen LogP contribution in [0.5, 0.6) is 0 Å². The fourth-order valence-corrected chi connectivity index (χ4v) is 3.78. The Morgan fingerprint density at radius 3 is 2.32 bits per heavy atom. The summed E-state index contributed by atoms with van der Waals surface area (Å²) in [6.07, 6.45) is 2.55. The van der Waals surface area contributed by atoms with E-state index in [4.69, 9.17) is 10.7 Å². The van der Waals surface area contributed by atoms with Gasteiger partial charge in [-0.05, 0) is 25.7 Å². The molecule has 0 amide bonds. The Balaban J connectivity index is 2.28. The normalized spacial score (nSPS) is 19.8. The Kier molecular flexibility index (Phi) is 4.21. The second kappa shape index (κ2) is 5.41. The van der Waals surface area contributed by atoms with Gasteiger partial charge in [-0.15, -0.1) is 0 Å². The number of hydrogen-bond acceptors (Lipinski definition) is 4. The van der Waals surface area contributed by atoms with Crippen LogP contribution in [-0.2, 0) is 5.41 Å². The van der Waals surface area contributed by atoms with E-state index in [1.54, 1.807) is 11.3 Å². The quantitative estimate of drug-likeness (QED) is 0.899. The van der Waals surface area contributed by atoms with Crippen LogP contribution in [0.2, 0.25) is 0 Å². The van der Waals surface area contributed by atoms with Crippen molar-refractivity contribution >= 4 is 16.5 Å². The smallest absolute Gasteiger partial charge is 0.185 e. The summed E-state index contributed by atoms with van der Waals surface area (Å²) in [5, 5.41) is 1.17. The summed E-state index contributed by atoms with van der Waals surface area (Å²) in [5.74, 6) is 0.853. The SMILES string of the molecule is CC1CCN(c2nc(C(C)(C)C)c(C(C)N)s2)CC1. The van der Waals surface area contributed by atoms with Gasteiger partial charge in [0.25, 0.3) is 0 Å². The van der Waals surface area contributed by atoms with Crippen molar-refractivity contribution in [1.82, 2.24) is 4.98 Å². The second-order valence-electron chi connectivity index (χ2n) is 6.92. The first-order valence-corrected chi connectivity index (χ1v) is 8.12. The molecule has 19 heavy (non-hydrogen) atoms. The van der Waals surface area contributed by atoms with E-state index in [0.29, 0.717) is 0 Å². The number of anilines is 1. The lowest BCUT2D eigenvalue weighted by atomic mass is 9.90. The van der Waals surface area contributed by atoms with Gasteiger partial charge in [0.1, 0.15) is 0 Å². The second-order valence-corrected chi connectivity index (χ2v) is 7.93. The van der Waals surface area contributed by atoms with E-state index in [9.17, 15) is 0 Å². The van der Waals surface area contributed by atoms with E-state index in [1.165, 1.54) is 28.5 Å². The number of hydrogen-bond donors (Lipinski definition) is 1. The topological polar surface area (TPSA) is 42.2 Å². The van der Waals surface area contributed by atoms with Crippen molar-refractivity contribution in [3.63, 3.8) is 0 Å². The van der Waals surface area contributed by atoms with Crippen LogP contribution in [0.4, 0.5) is 5.13 Å². The average Bonchev–Trinajstić information content (AvgIpc) is 2.74. The highest BCUT2D eigenvalue weighted by Gasteiger charge is 2.27. The molecule has 1 unspecified atom stereocenters. The van der Waals surface area contributed by atoms with Crippen LogP contribution in [0, 0.1) is 5.92 Å². The van der Waals surface area contributed by atoms with E-state index in [2.05, 4.69) is 39.5 Å². The molecule has 0 spiro atoms. The van der Waals surface area contributed by atoms with Gasteiger partial charge in [0, 0.05) is 29.4 Å². The lowest BCUT2D eigenvalue weighted by molar-refractivity contribution is 0.437. The van der Waals surface area contributed by atoms with Crippen molar-refractivity contribution in [3.05, 3.63) is 10.6 Å². The molecule has 0 aromatic carbocycles. The maximum absolute atomic E-state index is 6.13. The monoisotopic (exact) mass is 281 g/mol. The fraction of sp³-hybridized carbons (Fsp3) is 0.800. The van der Waals surface area contributed by atoms with Crippen LogP contribution in [0.15, 0.2) is 0 Å². The first-order chi connectivity index (χ1) is 8.79. The summed E-state index contributed by atoms with van der Waals surface area (Å²) < 4.78 is 0. The van der Waals surface area contributed by atoms with E-state index in [-0.39, 0.29) is 11.5 Å². The minimum Gasteiger partial charge on any atom is -0.348 e. The van der Waals surface area contributed by atoms with Gasteiger partial charge in [-0.1, -0.05) is 39.0 Å². The molecule has 0 saturated carbocycles. The predicted molar refractivity (Wildman–Crippen MR) is 84.0 cm³/mol. The average molecular weight is 281 g/mol. The molecule has 0 aliphatic carbocycles. The number of aromatic nitrogens is 1. The van der Waals surface area contributed by atoms with Gasteiger partial charge >= 0.3 is 0 Å². The van der Waals surface area contributed by atoms with Gasteiger partial charge in [0.15, 0.2) is 5.13 Å². The van der Waals surface area contributed by atoms with Crippen molar-refractivity contribution in [3.8, 4) is 0 Å². The third-order valence-electron chi connectivity index (χ3n) is 3.82. The first kappa shape index (κ1) is 14.8. The Morgan fingerprint density at radius 1 is 1.32 bits per heavy atom. The molecule has 1 aliphatic rings. The van der Waals surface area contributed by atoms with Crippen molar-refractivity contribution < 1.29 is 0 Å². The van der Waals surface area contributed by atoms with Crippen LogP contribution in [0.25, 0.3) is 0 Å². The molecule has 1 saturated heterocycles. The molecule has 0 bridgehead atoms. The lowest BCUT2D eigenvalue weighted by Crippen LogP contribution is -2.32. The summed E-state index contributed by atoms with van der Waals surface area (Å²) in [6.45, 7) is 13.3. The van der Waals surface area contributed by atoms with Gasteiger partial charge in [-0.3, -0.25) is 0 Å². The number of nitrogens with two attached hydrogens (primary N) is 1. The van der Waals surface area contributed by atoms with Crippen LogP contribution in [0.1, 0.15) is 64.1 Å². The molecule has 108 valence electrons. The molecule has 1 atom stereocenters.